The maximum Gasteiger partial charge on any atom is 0.0591 e. The van der Waals surface area contributed by atoms with Crippen LogP contribution in [0.3, 0.4) is 0 Å². The van der Waals surface area contributed by atoms with Crippen molar-refractivity contribution in [3.8, 4) is 0 Å². The third-order valence-electron chi connectivity index (χ3n) is 1.56. The molecule has 1 atom stereocenters. The number of ether oxygens (including phenoxy) is 1. The number of hydrogen-bond acceptors (Lipinski definition) is 3. The fraction of sp³-hybridized carbons (Fsp3) is 1.00. The van der Waals surface area contributed by atoms with E-state index in [-0.39, 0.29) is 12.5 Å². The second-order valence-electron chi connectivity index (χ2n) is 3.11. The van der Waals surface area contributed by atoms with Gasteiger partial charge in [0.1, 0.15) is 0 Å². The van der Waals surface area contributed by atoms with Crippen LogP contribution in [0.2, 0.25) is 0 Å². The van der Waals surface area contributed by atoms with Crippen LogP contribution in [0.4, 0.5) is 0 Å². The highest BCUT2D eigenvalue weighted by atomic mass is 16.5. The van der Waals surface area contributed by atoms with E-state index in [1.165, 1.54) is 0 Å². The number of aliphatic hydroxyl groups is 1. The van der Waals surface area contributed by atoms with Crippen LogP contribution in [0, 0.1) is 5.92 Å². The van der Waals surface area contributed by atoms with Gasteiger partial charge in [0.15, 0.2) is 0 Å². The first-order valence-electron chi connectivity index (χ1n) is 4.70. The Morgan fingerprint density at radius 2 is 2.17 bits per heavy atom. The number of hydrogen-bond donors (Lipinski definition) is 2. The van der Waals surface area contributed by atoms with Gasteiger partial charge in [0.2, 0.25) is 0 Å². The first-order valence-corrected chi connectivity index (χ1v) is 4.70. The monoisotopic (exact) mass is 175 g/mol. The Morgan fingerprint density at radius 1 is 1.42 bits per heavy atom. The van der Waals surface area contributed by atoms with Gasteiger partial charge < -0.3 is 15.2 Å². The molecule has 0 saturated heterocycles. The molecule has 0 radical (unpaired) electrons. The molecule has 0 aromatic carbocycles. The summed E-state index contributed by atoms with van der Waals surface area (Å²) in [7, 11) is 0. The summed E-state index contributed by atoms with van der Waals surface area (Å²) in [6.45, 7) is 7.68. The molecule has 0 aliphatic rings. The number of nitrogens with one attached hydrogen (secondary N) is 1. The Bertz CT molecular complexity index is 88.6. The molecule has 1 unspecified atom stereocenters. The molecule has 0 aromatic rings. The molecular weight excluding hydrogens is 154 g/mol. The summed E-state index contributed by atoms with van der Waals surface area (Å²) in [5, 5.41) is 11.9. The molecule has 0 aliphatic heterocycles. The predicted molar refractivity (Wildman–Crippen MR) is 50.2 cm³/mol. The van der Waals surface area contributed by atoms with Gasteiger partial charge in [0.25, 0.3) is 0 Å². The highest BCUT2D eigenvalue weighted by Crippen LogP contribution is 1.92. The molecular formula is C9H21NO2. The van der Waals surface area contributed by atoms with Gasteiger partial charge in [-0.15, -0.1) is 0 Å². The number of rotatable bonds is 8. The van der Waals surface area contributed by atoms with Gasteiger partial charge >= 0.3 is 0 Å². The Hall–Kier alpha value is -0.120. The van der Waals surface area contributed by atoms with Crippen molar-refractivity contribution in [2.75, 3.05) is 32.9 Å². The van der Waals surface area contributed by atoms with Crippen LogP contribution < -0.4 is 5.32 Å². The van der Waals surface area contributed by atoms with Gasteiger partial charge in [-0.2, -0.15) is 0 Å². The van der Waals surface area contributed by atoms with E-state index in [0.29, 0.717) is 6.61 Å². The Morgan fingerprint density at radius 3 is 2.75 bits per heavy atom. The van der Waals surface area contributed by atoms with Crippen LogP contribution in [-0.2, 0) is 4.74 Å². The van der Waals surface area contributed by atoms with E-state index in [0.717, 1.165) is 26.1 Å². The lowest BCUT2D eigenvalue weighted by Gasteiger charge is -2.08. The van der Waals surface area contributed by atoms with Crippen molar-refractivity contribution in [2.45, 2.75) is 20.3 Å². The minimum absolute atomic E-state index is 0.211. The minimum Gasteiger partial charge on any atom is -0.396 e. The van der Waals surface area contributed by atoms with Crippen LogP contribution in [-0.4, -0.2) is 38.0 Å². The van der Waals surface area contributed by atoms with E-state index >= 15 is 0 Å². The van der Waals surface area contributed by atoms with Crippen LogP contribution in [0.15, 0.2) is 0 Å². The quantitative estimate of drug-likeness (QED) is 0.532. The molecule has 74 valence electrons. The molecule has 0 rings (SSSR count). The molecule has 0 aromatic heterocycles. The highest BCUT2D eigenvalue weighted by molar-refractivity contribution is 4.48. The van der Waals surface area contributed by atoms with Gasteiger partial charge in [-0.3, -0.25) is 0 Å². The van der Waals surface area contributed by atoms with Crippen molar-refractivity contribution in [1.82, 2.24) is 5.32 Å². The van der Waals surface area contributed by atoms with Crippen LogP contribution in [0.5, 0.6) is 0 Å². The molecule has 0 fully saturated rings. The zero-order valence-electron chi connectivity index (χ0n) is 8.18. The summed E-state index contributed by atoms with van der Waals surface area (Å²) in [5.74, 6) is 0.260. The van der Waals surface area contributed by atoms with Crippen molar-refractivity contribution in [3.05, 3.63) is 0 Å². The van der Waals surface area contributed by atoms with Crippen LogP contribution in [0.1, 0.15) is 20.3 Å². The second-order valence-corrected chi connectivity index (χ2v) is 3.11. The maximum atomic E-state index is 8.68. The average molecular weight is 175 g/mol. The van der Waals surface area contributed by atoms with E-state index in [1.807, 2.05) is 6.92 Å². The summed E-state index contributed by atoms with van der Waals surface area (Å²) in [4.78, 5) is 0. The van der Waals surface area contributed by atoms with Gasteiger partial charge in [-0.25, -0.2) is 0 Å². The maximum absolute atomic E-state index is 8.68. The van der Waals surface area contributed by atoms with Crippen molar-refractivity contribution in [3.63, 3.8) is 0 Å². The standard InChI is InChI=1S/C9H21NO2/c1-3-4-10-5-6-12-8-9(2)7-11/h9-11H,3-8H2,1-2H3. The lowest BCUT2D eigenvalue weighted by atomic mass is 10.2. The first-order chi connectivity index (χ1) is 5.81. The van der Waals surface area contributed by atoms with E-state index in [4.69, 9.17) is 9.84 Å². The summed E-state index contributed by atoms with van der Waals surface area (Å²) in [6, 6.07) is 0. The van der Waals surface area contributed by atoms with E-state index < -0.39 is 0 Å². The molecule has 0 bridgehead atoms. The van der Waals surface area contributed by atoms with Crippen molar-refractivity contribution in [1.29, 1.82) is 0 Å². The fourth-order valence-corrected chi connectivity index (χ4v) is 0.783. The summed E-state index contributed by atoms with van der Waals surface area (Å²) >= 11 is 0. The molecule has 0 amide bonds. The van der Waals surface area contributed by atoms with Crippen LogP contribution >= 0.6 is 0 Å². The summed E-state index contributed by atoms with van der Waals surface area (Å²) in [6.07, 6.45) is 1.16. The third kappa shape index (κ3) is 7.98. The predicted octanol–water partition coefficient (Wildman–Crippen LogP) is 0.631. The number of aliphatic hydroxyl groups excluding tert-OH is 1. The van der Waals surface area contributed by atoms with E-state index in [9.17, 15) is 0 Å². The Labute approximate surface area is 75.1 Å². The Kier molecular flexibility index (Phi) is 8.88. The molecule has 2 N–H and O–H groups in total. The fourth-order valence-electron chi connectivity index (χ4n) is 0.783. The SMILES string of the molecule is CCCNCCOCC(C)CO. The van der Waals surface area contributed by atoms with E-state index in [1.54, 1.807) is 0 Å². The molecule has 3 nitrogen and oxygen atoms in total. The van der Waals surface area contributed by atoms with E-state index in [2.05, 4.69) is 12.2 Å². The zero-order valence-corrected chi connectivity index (χ0v) is 8.18. The first kappa shape index (κ1) is 11.9. The summed E-state index contributed by atoms with van der Waals surface area (Å²) in [5.41, 5.74) is 0. The lowest BCUT2D eigenvalue weighted by molar-refractivity contribution is 0.0816. The summed E-state index contributed by atoms with van der Waals surface area (Å²) < 4.78 is 5.31. The van der Waals surface area contributed by atoms with Gasteiger partial charge in [0, 0.05) is 19.1 Å². The van der Waals surface area contributed by atoms with Gasteiger partial charge in [0.05, 0.1) is 13.2 Å². The van der Waals surface area contributed by atoms with Crippen molar-refractivity contribution >= 4 is 0 Å². The molecule has 0 heterocycles. The Balaban J connectivity index is 2.90. The molecule has 12 heavy (non-hydrogen) atoms. The van der Waals surface area contributed by atoms with Gasteiger partial charge in [-0.05, 0) is 13.0 Å². The molecule has 0 spiro atoms. The smallest absolute Gasteiger partial charge is 0.0591 e. The third-order valence-corrected chi connectivity index (χ3v) is 1.56. The van der Waals surface area contributed by atoms with Crippen molar-refractivity contribution in [2.24, 2.45) is 5.92 Å². The normalized spacial score (nSPS) is 13.2. The largest absolute Gasteiger partial charge is 0.396 e. The molecule has 0 aliphatic carbocycles. The van der Waals surface area contributed by atoms with Crippen molar-refractivity contribution < 1.29 is 9.84 Å². The highest BCUT2D eigenvalue weighted by Gasteiger charge is 1.98. The zero-order chi connectivity index (χ0) is 9.23. The lowest BCUT2D eigenvalue weighted by Crippen LogP contribution is -2.22. The molecule has 3 heteroatoms. The second kappa shape index (κ2) is 8.97. The topological polar surface area (TPSA) is 41.5 Å². The average Bonchev–Trinajstić information content (AvgIpc) is 2.10. The minimum atomic E-state index is 0.211. The van der Waals surface area contributed by atoms with Crippen LogP contribution in [0.25, 0.3) is 0 Å². The van der Waals surface area contributed by atoms with Gasteiger partial charge in [-0.1, -0.05) is 13.8 Å². The molecule has 0 saturated carbocycles.